The minimum absolute atomic E-state index is 0.00910. The summed E-state index contributed by atoms with van der Waals surface area (Å²) in [5, 5.41) is 3.26. The van der Waals surface area contributed by atoms with Crippen LogP contribution in [0.2, 0.25) is 0 Å². The van der Waals surface area contributed by atoms with Crippen LogP contribution in [0.3, 0.4) is 0 Å². The zero-order valence-electron chi connectivity index (χ0n) is 21.5. The molecule has 5 nitrogen and oxygen atoms in total. The molecule has 0 aromatic heterocycles. The van der Waals surface area contributed by atoms with E-state index in [2.05, 4.69) is 53.2 Å². The van der Waals surface area contributed by atoms with Crippen LogP contribution in [-0.4, -0.2) is 59.9 Å². The van der Waals surface area contributed by atoms with E-state index in [1.807, 2.05) is 30.3 Å². The van der Waals surface area contributed by atoms with Gasteiger partial charge in [-0.15, -0.1) is 0 Å². The molecule has 0 unspecified atom stereocenters. The molecule has 2 fully saturated rings. The van der Waals surface area contributed by atoms with Gasteiger partial charge < -0.3 is 10.2 Å². The number of benzene rings is 2. The summed E-state index contributed by atoms with van der Waals surface area (Å²) >= 11 is 0. The molecule has 1 aliphatic heterocycles. The molecule has 1 saturated heterocycles. The van der Waals surface area contributed by atoms with Gasteiger partial charge in [-0.05, 0) is 37.3 Å². The standard InChI is InChI=1S/C30H41N3O2/c1-24-11-13-27(14-12-24)21-25(2)29(35)32-17-19-33(20-18-32)30(15-7-4-8-16-30)23-31-28(34)22-26-9-5-3-6-10-26/h3,5-6,9-14,25H,4,7-8,15-23H2,1-2H3,(H,31,34)/t25-/m1/s1. The molecule has 35 heavy (non-hydrogen) atoms. The largest absolute Gasteiger partial charge is 0.354 e. The van der Waals surface area contributed by atoms with Crippen molar-refractivity contribution in [3.8, 4) is 0 Å². The minimum Gasteiger partial charge on any atom is -0.354 e. The first-order valence-electron chi connectivity index (χ1n) is 13.4. The number of aryl methyl sites for hydroxylation is 1. The van der Waals surface area contributed by atoms with E-state index in [-0.39, 0.29) is 23.3 Å². The van der Waals surface area contributed by atoms with Crippen LogP contribution in [0.5, 0.6) is 0 Å². The van der Waals surface area contributed by atoms with Gasteiger partial charge in [-0.2, -0.15) is 0 Å². The van der Waals surface area contributed by atoms with Gasteiger partial charge in [0.2, 0.25) is 11.8 Å². The zero-order chi connectivity index (χ0) is 24.7. The zero-order valence-corrected chi connectivity index (χ0v) is 21.5. The molecule has 0 radical (unpaired) electrons. The molecular weight excluding hydrogens is 434 g/mol. The van der Waals surface area contributed by atoms with Crippen LogP contribution in [0, 0.1) is 12.8 Å². The van der Waals surface area contributed by atoms with Crippen molar-refractivity contribution in [1.29, 1.82) is 0 Å². The van der Waals surface area contributed by atoms with Crippen LogP contribution in [0.15, 0.2) is 54.6 Å². The van der Waals surface area contributed by atoms with Crippen LogP contribution >= 0.6 is 0 Å². The Morgan fingerprint density at radius 2 is 1.54 bits per heavy atom. The maximum absolute atomic E-state index is 13.2. The van der Waals surface area contributed by atoms with Gasteiger partial charge in [-0.25, -0.2) is 0 Å². The fraction of sp³-hybridized carbons (Fsp3) is 0.533. The van der Waals surface area contributed by atoms with Gasteiger partial charge in [0, 0.05) is 44.2 Å². The lowest BCUT2D eigenvalue weighted by Crippen LogP contribution is -2.62. The number of rotatable bonds is 8. The van der Waals surface area contributed by atoms with Crippen LogP contribution < -0.4 is 5.32 Å². The second kappa shape index (κ2) is 11.9. The summed E-state index contributed by atoms with van der Waals surface area (Å²) in [6.45, 7) is 8.17. The summed E-state index contributed by atoms with van der Waals surface area (Å²) in [6, 6.07) is 18.5. The molecule has 5 heteroatoms. The predicted molar refractivity (Wildman–Crippen MR) is 141 cm³/mol. The Bertz CT molecular complexity index is 959. The Kier molecular flexibility index (Phi) is 8.61. The van der Waals surface area contributed by atoms with Crippen LogP contribution in [-0.2, 0) is 22.4 Å². The van der Waals surface area contributed by atoms with Crippen molar-refractivity contribution in [2.24, 2.45) is 5.92 Å². The summed E-state index contributed by atoms with van der Waals surface area (Å²) in [6.07, 6.45) is 7.15. The van der Waals surface area contributed by atoms with Gasteiger partial charge in [0.15, 0.2) is 0 Å². The first-order valence-corrected chi connectivity index (χ1v) is 13.4. The van der Waals surface area contributed by atoms with E-state index < -0.39 is 0 Å². The minimum atomic E-state index is -0.00910. The van der Waals surface area contributed by atoms with E-state index in [4.69, 9.17) is 0 Å². The summed E-state index contributed by atoms with van der Waals surface area (Å²) in [5.41, 5.74) is 3.54. The molecule has 2 amide bonds. The lowest BCUT2D eigenvalue weighted by atomic mass is 9.79. The molecule has 1 heterocycles. The van der Waals surface area contributed by atoms with E-state index >= 15 is 0 Å². The second-order valence-corrected chi connectivity index (χ2v) is 10.6. The molecule has 2 aromatic carbocycles. The average molecular weight is 476 g/mol. The number of carbonyl (C=O) groups excluding carboxylic acids is 2. The van der Waals surface area contributed by atoms with Crippen LogP contribution in [0.25, 0.3) is 0 Å². The quantitative estimate of drug-likeness (QED) is 0.617. The van der Waals surface area contributed by atoms with Crippen LogP contribution in [0.4, 0.5) is 0 Å². The number of nitrogens with one attached hydrogen (secondary N) is 1. The maximum atomic E-state index is 13.2. The second-order valence-electron chi connectivity index (χ2n) is 10.6. The Hall–Kier alpha value is -2.66. The lowest BCUT2D eigenvalue weighted by Gasteiger charge is -2.50. The number of piperazine rings is 1. The number of hydrogen-bond acceptors (Lipinski definition) is 3. The van der Waals surface area contributed by atoms with Crippen LogP contribution in [0.1, 0.15) is 55.7 Å². The third-order valence-electron chi connectivity index (χ3n) is 7.95. The third-order valence-corrected chi connectivity index (χ3v) is 7.95. The number of nitrogens with zero attached hydrogens (tertiary/aromatic N) is 2. The molecule has 1 atom stereocenters. The van der Waals surface area contributed by atoms with E-state index in [0.29, 0.717) is 13.0 Å². The highest BCUT2D eigenvalue weighted by molar-refractivity contribution is 5.79. The van der Waals surface area contributed by atoms with E-state index in [9.17, 15) is 9.59 Å². The fourth-order valence-electron chi connectivity index (χ4n) is 5.80. The number of carbonyl (C=O) groups is 2. The van der Waals surface area contributed by atoms with E-state index in [1.165, 1.54) is 30.4 Å². The van der Waals surface area contributed by atoms with Gasteiger partial charge in [-0.3, -0.25) is 14.5 Å². The van der Waals surface area contributed by atoms with Crippen molar-refractivity contribution in [2.75, 3.05) is 32.7 Å². The summed E-state index contributed by atoms with van der Waals surface area (Å²) in [5.74, 6) is 0.351. The van der Waals surface area contributed by atoms with Crippen molar-refractivity contribution in [3.63, 3.8) is 0 Å². The summed E-state index contributed by atoms with van der Waals surface area (Å²) in [7, 11) is 0. The Balaban J connectivity index is 1.31. The van der Waals surface area contributed by atoms with Gasteiger partial charge >= 0.3 is 0 Å². The number of amides is 2. The fourth-order valence-corrected chi connectivity index (χ4v) is 5.80. The molecule has 2 aromatic rings. The van der Waals surface area contributed by atoms with E-state index in [0.717, 1.165) is 51.0 Å². The Morgan fingerprint density at radius 1 is 0.886 bits per heavy atom. The molecular formula is C30H41N3O2. The number of hydrogen-bond donors (Lipinski definition) is 1. The lowest BCUT2D eigenvalue weighted by molar-refractivity contribution is -0.138. The van der Waals surface area contributed by atoms with Gasteiger partial charge in [0.1, 0.15) is 0 Å². The normalized spacial score (nSPS) is 19.2. The first-order chi connectivity index (χ1) is 16.9. The van der Waals surface area contributed by atoms with Crippen molar-refractivity contribution in [3.05, 3.63) is 71.3 Å². The Morgan fingerprint density at radius 3 is 2.20 bits per heavy atom. The molecule has 1 N–H and O–H groups in total. The molecule has 2 aliphatic rings. The van der Waals surface area contributed by atoms with E-state index in [1.54, 1.807) is 0 Å². The SMILES string of the molecule is Cc1ccc(C[C@@H](C)C(=O)N2CCN(C3(CNC(=O)Cc4ccccc4)CCCCC3)CC2)cc1. The topological polar surface area (TPSA) is 52.7 Å². The molecule has 188 valence electrons. The summed E-state index contributed by atoms with van der Waals surface area (Å²) in [4.78, 5) is 30.5. The van der Waals surface area contributed by atoms with Crippen molar-refractivity contribution < 1.29 is 9.59 Å². The monoisotopic (exact) mass is 475 g/mol. The van der Waals surface area contributed by atoms with Crippen molar-refractivity contribution >= 4 is 11.8 Å². The van der Waals surface area contributed by atoms with Crippen molar-refractivity contribution in [1.82, 2.24) is 15.1 Å². The third kappa shape index (κ3) is 6.72. The smallest absolute Gasteiger partial charge is 0.225 e. The molecule has 0 bridgehead atoms. The van der Waals surface area contributed by atoms with Gasteiger partial charge in [0.05, 0.1) is 6.42 Å². The predicted octanol–water partition coefficient (Wildman–Crippen LogP) is 4.38. The highest BCUT2D eigenvalue weighted by Crippen LogP contribution is 2.34. The van der Waals surface area contributed by atoms with Gasteiger partial charge in [-0.1, -0.05) is 86.3 Å². The molecule has 4 rings (SSSR count). The first kappa shape index (κ1) is 25.4. The van der Waals surface area contributed by atoms with Gasteiger partial charge in [0.25, 0.3) is 0 Å². The maximum Gasteiger partial charge on any atom is 0.225 e. The molecule has 1 saturated carbocycles. The molecule has 1 aliphatic carbocycles. The molecule has 0 spiro atoms. The highest BCUT2D eigenvalue weighted by atomic mass is 16.2. The summed E-state index contributed by atoms with van der Waals surface area (Å²) < 4.78 is 0. The average Bonchev–Trinajstić information content (AvgIpc) is 2.89. The highest BCUT2D eigenvalue weighted by Gasteiger charge is 2.40. The Labute approximate surface area is 210 Å². The van der Waals surface area contributed by atoms with Crippen molar-refractivity contribution in [2.45, 2.75) is 64.3 Å².